The van der Waals surface area contributed by atoms with Gasteiger partial charge in [-0.1, -0.05) is 19.9 Å². The Labute approximate surface area is 95.1 Å². The van der Waals surface area contributed by atoms with Crippen LogP contribution in [0.5, 0.6) is 0 Å². The number of ketones is 1. The highest BCUT2D eigenvalue weighted by Gasteiger charge is 2.09. The van der Waals surface area contributed by atoms with Crippen molar-refractivity contribution in [3.8, 4) is 0 Å². The van der Waals surface area contributed by atoms with Crippen molar-refractivity contribution < 1.29 is 9.59 Å². The van der Waals surface area contributed by atoms with Crippen molar-refractivity contribution in [1.82, 2.24) is 10.3 Å². The van der Waals surface area contributed by atoms with E-state index < -0.39 is 0 Å². The maximum atomic E-state index is 11.6. The number of Topliss-reactive ketones (excluding diaryl/α,β-unsaturated/α-hetero) is 1. The minimum absolute atomic E-state index is 0.140. The number of aromatic nitrogens is 1. The summed E-state index contributed by atoms with van der Waals surface area (Å²) in [5, 5.41) is 2.75. The molecule has 1 aromatic rings. The Morgan fingerprint density at radius 1 is 1.31 bits per heavy atom. The van der Waals surface area contributed by atoms with Crippen molar-refractivity contribution in [3.05, 3.63) is 29.6 Å². The van der Waals surface area contributed by atoms with E-state index in [1.54, 1.807) is 18.2 Å². The highest BCUT2D eigenvalue weighted by atomic mass is 16.2. The van der Waals surface area contributed by atoms with Crippen molar-refractivity contribution in [1.29, 1.82) is 0 Å². The van der Waals surface area contributed by atoms with Gasteiger partial charge >= 0.3 is 0 Å². The largest absolute Gasteiger partial charge is 0.350 e. The molecular formula is C12H16N2O2. The molecule has 4 nitrogen and oxygen atoms in total. The topological polar surface area (TPSA) is 59.1 Å². The summed E-state index contributed by atoms with van der Waals surface area (Å²) in [4.78, 5) is 26.7. The number of hydrogen-bond donors (Lipinski definition) is 1. The minimum atomic E-state index is -0.239. The molecule has 0 atom stereocenters. The number of carbonyl (C=O) groups excluding carboxylic acids is 2. The van der Waals surface area contributed by atoms with Gasteiger partial charge in [-0.05, 0) is 18.1 Å². The summed E-state index contributed by atoms with van der Waals surface area (Å²) in [5.74, 6) is 0.00949. The molecule has 0 aliphatic carbocycles. The van der Waals surface area contributed by atoms with E-state index in [0.29, 0.717) is 18.2 Å². The third-order valence-electron chi connectivity index (χ3n) is 2.01. The molecule has 0 bridgehead atoms. The van der Waals surface area contributed by atoms with Gasteiger partial charge in [-0.15, -0.1) is 0 Å². The molecule has 0 aromatic carbocycles. The van der Waals surface area contributed by atoms with Crippen molar-refractivity contribution in [3.63, 3.8) is 0 Å². The summed E-state index contributed by atoms with van der Waals surface area (Å²) in [6.07, 6.45) is 0. The first kappa shape index (κ1) is 12.4. The normalized spacial score (nSPS) is 10.2. The van der Waals surface area contributed by atoms with Gasteiger partial charge in [0.05, 0.1) is 0 Å². The molecule has 1 amide bonds. The molecule has 0 saturated heterocycles. The fraction of sp³-hybridized carbons (Fsp3) is 0.417. The number of rotatable bonds is 4. The van der Waals surface area contributed by atoms with Crippen LogP contribution >= 0.6 is 0 Å². The standard InChI is InChI=1S/C12H16N2O2/c1-8(2)7-13-12(16)11-6-4-5-10(14-11)9(3)15/h4-6,8H,7H2,1-3H3,(H,13,16). The number of nitrogens with one attached hydrogen (secondary N) is 1. The van der Waals surface area contributed by atoms with E-state index in [-0.39, 0.29) is 17.4 Å². The molecule has 1 heterocycles. The summed E-state index contributed by atoms with van der Waals surface area (Å²) < 4.78 is 0. The molecule has 0 spiro atoms. The Kier molecular flexibility index (Phi) is 4.17. The van der Waals surface area contributed by atoms with Crippen LogP contribution in [0.15, 0.2) is 18.2 Å². The lowest BCUT2D eigenvalue weighted by molar-refractivity contribution is 0.0944. The highest BCUT2D eigenvalue weighted by Crippen LogP contribution is 2.01. The van der Waals surface area contributed by atoms with Crippen LogP contribution in [0.4, 0.5) is 0 Å². The first-order valence-corrected chi connectivity index (χ1v) is 5.27. The van der Waals surface area contributed by atoms with Crippen molar-refractivity contribution in [2.45, 2.75) is 20.8 Å². The van der Waals surface area contributed by atoms with E-state index in [9.17, 15) is 9.59 Å². The molecule has 1 aromatic heterocycles. The van der Waals surface area contributed by atoms with Crippen molar-refractivity contribution in [2.24, 2.45) is 5.92 Å². The number of amides is 1. The molecule has 0 fully saturated rings. The molecule has 0 saturated carbocycles. The first-order chi connectivity index (χ1) is 7.50. The van der Waals surface area contributed by atoms with E-state index in [1.165, 1.54) is 6.92 Å². The Hall–Kier alpha value is -1.71. The lowest BCUT2D eigenvalue weighted by Crippen LogP contribution is -2.28. The molecule has 0 unspecified atom stereocenters. The van der Waals surface area contributed by atoms with Crippen LogP contribution in [0.3, 0.4) is 0 Å². The van der Waals surface area contributed by atoms with Crippen molar-refractivity contribution in [2.75, 3.05) is 6.54 Å². The fourth-order valence-electron chi connectivity index (χ4n) is 1.14. The zero-order valence-corrected chi connectivity index (χ0v) is 9.78. The van der Waals surface area contributed by atoms with Gasteiger partial charge in [-0.2, -0.15) is 0 Å². The second-order valence-electron chi connectivity index (χ2n) is 4.07. The molecule has 0 aliphatic rings. The number of carbonyl (C=O) groups is 2. The number of nitrogens with zero attached hydrogens (tertiary/aromatic N) is 1. The average Bonchev–Trinajstić information content (AvgIpc) is 2.26. The van der Waals surface area contributed by atoms with Crippen LogP contribution in [0, 0.1) is 5.92 Å². The Morgan fingerprint density at radius 3 is 2.50 bits per heavy atom. The molecule has 86 valence electrons. The van der Waals surface area contributed by atoms with Gasteiger partial charge in [0.2, 0.25) is 0 Å². The molecule has 16 heavy (non-hydrogen) atoms. The Morgan fingerprint density at radius 2 is 1.94 bits per heavy atom. The smallest absolute Gasteiger partial charge is 0.269 e. The second-order valence-corrected chi connectivity index (χ2v) is 4.07. The maximum Gasteiger partial charge on any atom is 0.269 e. The Bertz CT molecular complexity index is 400. The summed E-state index contributed by atoms with van der Waals surface area (Å²) in [7, 11) is 0. The number of pyridine rings is 1. The van der Waals surface area contributed by atoms with Gasteiger partial charge in [0.25, 0.3) is 5.91 Å². The third kappa shape index (κ3) is 3.46. The molecule has 1 rings (SSSR count). The van der Waals surface area contributed by atoms with E-state index in [4.69, 9.17) is 0 Å². The van der Waals surface area contributed by atoms with Crippen LogP contribution < -0.4 is 5.32 Å². The second kappa shape index (κ2) is 5.39. The molecule has 1 N–H and O–H groups in total. The van der Waals surface area contributed by atoms with E-state index in [0.717, 1.165) is 0 Å². The lowest BCUT2D eigenvalue weighted by atomic mass is 10.2. The predicted octanol–water partition coefficient (Wildman–Crippen LogP) is 1.67. The summed E-state index contributed by atoms with van der Waals surface area (Å²) in [6.45, 7) is 6.06. The predicted molar refractivity (Wildman–Crippen MR) is 61.4 cm³/mol. The van der Waals surface area contributed by atoms with Crippen molar-refractivity contribution >= 4 is 11.7 Å². The molecule has 0 aliphatic heterocycles. The SMILES string of the molecule is CC(=O)c1cccc(C(=O)NCC(C)C)n1. The van der Waals surface area contributed by atoms with Gasteiger partial charge in [0, 0.05) is 13.5 Å². The van der Waals surface area contributed by atoms with E-state index >= 15 is 0 Å². The van der Waals surface area contributed by atoms with Gasteiger partial charge in [0.1, 0.15) is 11.4 Å². The summed E-state index contributed by atoms with van der Waals surface area (Å²) >= 11 is 0. The minimum Gasteiger partial charge on any atom is -0.350 e. The van der Waals surface area contributed by atoms with Gasteiger partial charge < -0.3 is 5.32 Å². The van der Waals surface area contributed by atoms with Crippen LogP contribution in [-0.2, 0) is 0 Å². The quantitative estimate of drug-likeness (QED) is 0.785. The first-order valence-electron chi connectivity index (χ1n) is 5.27. The van der Waals surface area contributed by atoms with Crippen LogP contribution in [0.25, 0.3) is 0 Å². The zero-order valence-electron chi connectivity index (χ0n) is 9.78. The van der Waals surface area contributed by atoms with Crippen LogP contribution in [0.1, 0.15) is 41.7 Å². The van der Waals surface area contributed by atoms with Crippen LogP contribution in [-0.4, -0.2) is 23.2 Å². The monoisotopic (exact) mass is 220 g/mol. The summed E-state index contributed by atoms with van der Waals surface area (Å²) in [5.41, 5.74) is 0.602. The average molecular weight is 220 g/mol. The molecule has 0 radical (unpaired) electrons. The van der Waals surface area contributed by atoms with Gasteiger partial charge in [-0.3, -0.25) is 9.59 Å². The van der Waals surface area contributed by atoms with E-state index in [2.05, 4.69) is 10.3 Å². The third-order valence-corrected chi connectivity index (χ3v) is 2.01. The van der Waals surface area contributed by atoms with Crippen LogP contribution in [0.2, 0.25) is 0 Å². The summed E-state index contributed by atoms with van der Waals surface area (Å²) in [6, 6.07) is 4.86. The van der Waals surface area contributed by atoms with Gasteiger partial charge in [-0.25, -0.2) is 4.98 Å². The fourth-order valence-corrected chi connectivity index (χ4v) is 1.14. The Balaban J connectivity index is 2.76. The molecular weight excluding hydrogens is 204 g/mol. The lowest BCUT2D eigenvalue weighted by Gasteiger charge is -2.07. The van der Waals surface area contributed by atoms with Gasteiger partial charge in [0.15, 0.2) is 5.78 Å². The maximum absolute atomic E-state index is 11.6. The number of hydrogen-bond acceptors (Lipinski definition) is 3. The molecule has 4 heteroatoms. The highest BCUT2D eigenvalue weighted by molar-refractivity contribution is 5.96. The van der Waals surface area contributed by atoms with E-state index in [1.807, 2.05) is 13.8 Å². The zero-order chi connectivity index (χ0) is 12.1.